The Morgan fingerprint density at radius 1 is 0.254 bits per heavy atom. The highest BCUT2D eigenvalue weighted by molar-refractivity contribution is 7.25. The molecule has 3 aromatic heterocycles. The first kappa shape index (κ1) is 35.7. The van der Waals surface area contributed by atoms with E-state index in [1.807, 2.05) is 11.3 Å². The van der Waals surface area contributed by atoms with Gasteiger partial charge < -0.3 is 9.13 Å². The van der Waals surface area contributed by atoms with Crippen LogP contribution in [0.5, 0.6) is 0 Å². The summed E-state index contributed by atoms with van der Waals surface area (Å²) in [5, 5.41) is 7.54. The Balaban J connectivity index is 1.03. The molecule has 63 heavy (non-hydrogen) atoms. The fourth-order valence-electron chi connectivity index (χ4n) is 10.1. The second-order valence-corrected chi connectivity index (χ2v) is 17.5. The van der Waals surface area contributed by atoms with Gasteiger partial charge >= 0.3 is 0 Å². The average molecular weight is 819 g/mol. The first-order valence-corrected chi connectivity index (χ1v) is 22.4. The minimum Gasteiger partial charge on any atom is -0.309 e. The Morgan fingerprint density at radius 3 is 1.40 bits per heavy atom. The van der Waals surface area contributed by atoms with Crippen LogP contribution in [-0.2, 0) is 0 Å². The van der Waals surface area contributed by atoms with Crippen LogP contribution in [0, 0.1) is 0 Å². The van der Waals surface area contributed by atoms with Crippen LogP contribution >= 0.6 is 11.3 Å². The number of hydrogen-bond acceptors (Lipinski definition) is 1. The second kappa shape index (κ2) is 14.3. The third-order valence-corrected chi connectivity index (χ3v) is 14.0. The van der Waals surface area contributed by atoms with Crippen molar-refractivity contribution in [3.8, 4) is 55.9 Å². The molecule has 294 valence electrons. The lowest BCUT2D eigenvalue weighted by Gasteiger charge is -2.13. The lowest BCUT2D eigenvalue weighted by Crippen LogP contribution is -1.97. The third-order valence-electron chi connectivity index (χ3n) is 12.9. The molecule has 0 saturated carbocycles. The van der Waals surface area contributed by atoms with E-state index in [9.17, 15) is 0 Å². The molecule has 13 rings (SSSR count). The molecule has 2 nitrogen and oxygen atoms in total. The number of nitrogens with zero attached hydrogens (tertiary/aromatic N) is 2. The van der Waals surface area contributed by atoms with E-state index >= 15 is 0 Å². The summed E-state index contributed by atoms with van der Waals surface area (Å²) in [4.78, 5) is 0. The summed E-state index contributed by atoms with van der Waals surface area (Å²) in [5.74, 6) is 0. The Morgan fingerprint density at radius 2 is 0.714 bits per heavy atom. The molecule has 0 fully saturated rings. The Bertz CT molecular complexity index is 3900. The maximum absolute atomic E-state index is 2.51. The van der Waals surface area contributed by atoms with Gasteiger partial charge in [0.2, 0.25) is 0 Å². The van der Waals surface area contributed by atoms with Crippen LogP contribution in [0.15, 0.2) is 231 Å². The van der Waals surface area contributed by atoms with E-state index in [0.29, 0.717) is 0 Å². The second-order valence-electron chi connectivity index (χ2n) is 16.4. The molecule has 10 aromatic carbocycles. The molecule has 0 unspecified atom stereocenters. The highest BCUT2D eigenvalue weighted by atomic mass is 32.1. The van der Waals surface area contributed by atoms with Gasteiger partial charge in [-0.05, 0) is 111 Å². The van der Waals surface area contributed by atoms with E-state index in [2.05, 4.69) is 240 Å². The van der Waals surface area contributed by atoms with Crippen LogP contribution in [0.1, 0.15) is 0 Å². The third kappa shape index (κ3) is 5.64. The van der Waals surface area contributed by atoms with E-state index in [-0.39, 0.29) is 0 Å². The molecule has 3 heteroatoms. The summed E-state index contributed by atoms with van der Waals surface area (Å²) in [5.41, 5.74) is 16.9. The number of rotatable bonds is 6. The summed E-state index contributed by atoms with van der Waals surface area (Å²) < 4.78 is 7.59. The summed E-state index contributed by atoms with van der Waals surface area (Å²) >= 11 is 1.87. The first-order valence-electron chi connectivity index (χ1n) is 21.6. The van der Waals surface area contributed by atoms with Crippen LogP contribution in [-0.4, -0.2) is 9.13 Å². The summed E-state index contributed by atoms with van der Waals surface area (Å²) in [6.07, 6.45) is 0. The highest BCUT2D eigenvalue weighted by Gasteiger charge is 2.22. The molecular formula is C60H38N2S. The van der Waals surface area contributed by atoms with Crippen molar-refractivity contribution in [1.82, 2.24) is 9.13 Å². The molecular weight excluding hydrogens is 781 g/mol. The smallest absolute Gasteiger partial charge is 0.0562 e. The van der Waals surface area contributed by atoms with E-state index < -0.39 is 0 Å². The van der Waals surface area contributed by atoms with E-state index in [1.165, 1.54) is 120 Å². The molecule has 0 aliphatic carbocycles. The van der Waals surface area contributed by atoms with Crippen molar-refractivity contribution in [3.63, 3.8) is 0 Å². The molecule has 0 saturated heterocycles. The minimum atomic E-state index is 1.17. The van der Waals surface area contributed by atoms with Gasteiger partial charge in [0.1, 0.15) is 0 Å². The highest BCUT2D eigenvalue weighted by Crippen LogP contribution is 2.46. The topological polar surface area (TPSA) is 9.86 Å². The molecule has 0 aliphatic heterocycles. The van der Waals surface area contributed by atoms with Crippen molar-refractivity contribution in [2.45, 2.75) is 0 Å². The van der Waals surface area contributed by atoms with Gasteiger partial charge in [-0.3, -0.25) is 0 Å². The van der Waals surface area contributed by atoms with Crippen molar-refractivity contribution in [2.75, 3.05) is 0 Å². The monoisotopic (exact) mass is 818 g/mol. The minimum absolute atomic E-state index is 1.17. The zero-order chi connectivity index (χ0) is 41.4. The van der Waals surface area contributed by atoms with Crippen LogP contribution < -0.4 is 0 Å². The maximum atomic E-state index is 2.51. The molecule has 0 bridgehead atoms. The number of hydrogen-bond donors (Lipinski definition) is 0. The number of thiophene rings is 1. The maximum Gasteiger partial charge on any atom is 0.0562 e. The number of benzene rings is 10. The van der Waals surface area contributed by atoms with Crippen molar-refractivity contribution < 1.29 is 0 Å². The Kier molecular flexibility index (Phi) is 8.12. The fraction of sp³-hybridized carbons (Fsp3) is 0. The number of fused-ring (bicyclic) bond motifs is 9. The van der Waals surface area contributed by atoms with Gasteiger partial charge in [0.25, 0.3) is 0 Å². The molecule has 0 spiro atoms. The van der Waals surface area contributed by atoms with Gasteiger partial charge in [-0.1, -0.05) is 164 Å². The van der Waals surface area contributed by atoms with Gasteiger partial charge in [-0.25, -0.2) is 0 Å². The summed E-state index contributed by atoms with van der Waals surface area (Å²) in [7, 11) is 0. The van der Waals surface area contributed by atoms with Crippen LogP contribution in [0.3, 0.4) is 0 Å². The quantitative estimate of drug-likeness (QED) is 0.158. The molecule has 3 heterocycles. The molecule has 13 aromatic rings. The number of para-hydroxylation sites is 2. The van der Waals surface area contributed by atoms with Crippen molar-refractivity contribution >= 4 is 75.1 Å². The normalized spacial score (nSPS) is 11.8. The van der Waals surface area contributed by atoms with Gasteiger partial charge in [0.05, 0.1) is 33.4 Å². The van der Waals surface area contributed by atoms with Gasteiger partial charge in [0, 0.05) is 41.7 Å². The molecule has 0 aliphatic rings. The predicted molar refractivity (Wildman–Crippen MR) is 270 cm³/mol. The van der Waals surface area contributed by atoms with E-state index in [0.717, 1.165) is 0 Å². The van der Waals surface area contributed by atoms with Crippen LogP contribution in [0.4, 0.5) is 0 Å². The Hall–Kier alpha value is -7.98. The zero-order valence-corrected chi connectivity index (χ0v) is 35.1. The summed E-state index contributed by atoms with van der Waals surface area (Å²) in [6.45, 7) is 0. The van der Waals surface area contributed by atoms with Gasteiger partial charge in [-0.2, -0.15) is 0 Å². The number of aromatic nitrogens is 2. The van der Waals surface area contributed by atoms with E-state index in [4.69, 9.17) is 0 Å². The predicted octanol–water partition coefficient (Wildman–Crippen LogP) is 16.9. The lowest BCUT2D eigenvalue weighted by molar-refractivity contribution is 1.18. The van der Waals surface area contributed by atoms with Crippen molar-refractivity contribution in [3.05, 3.63) is 231 Å². The average Bonchev–Trinajstić information content (AvgIpc) is 4.02. The first-order chi connectivity index (χ1) is 31.3. The van der Waals surface area contributed by atoms with Crippen LogP contribution in [0.25, 0.3) is 120 Å². The van der Waals surface area contributed by atoms with E-state index in [1.54, 1.807) is 0 Å². The van der Waals surface area contributed by atoms with Crippen LogP contribution in [0.2, 0.25) is 0 Å². The SMILES string of the molecule is c1ccc(-c2cccc(-c3ccc4sc5cccc(-n6c7ccccc7c7c(-n8c9ccccc9c9c(-c%10cccc(-c%11ccccc%11)c%10)cccc98)cccc76)c5c4c3)c2)cc1. The van der Waals surface area contributed by atoms with Crippen molar-refractivity contribution in [1.29, 1.82) is 0 Å². The fourth-order valence-corrected chi connectivity index (χ4v) is 11.3. The largest absolute Gasteiger partial charge is 0.309 e. The van der Waals surface area contributed by atoms with Gasteiger partial charge in [-0.15, -0.1) is 11.3 Å². The van der Waals surface area contributed by atoms with Crippen molar-refractivity contribution in [2.24, 2.45) is 0 Å². The lowest BCUT2D eigenvalue weighted by atomic mass is 9.96. The molecule has 0 atom stereocenters. The van der Waals surface area contributed by atoms with Gasteiger partial charge in [0.15, 0.2) is 0 Å². The molecule has 0 amide bonds. The zero-order valence-electron chi connectivity index (χ0n) is 34.2. The standard InChI is InChI=1S/C60H38N2S/c1-3-16-39(17-4-1)41-20-11-22-43(36-41)44-34-35-56-49(38-44)60-55(32-15-33-57(60)63-56)62-51-28-10-8-25-48(51)59-53(30-14-31-54(59)62)61-50-27-9-7-24-47(50)58-46(26-13-29-52(58)61)45-23-12-21-42(37-45)40-18-5-2-6-19-40/h1-38H. The molecule has 0 radical (unpaired) electrons. The molecule has 0 N–H and O–H groups in total. The summed E-state index contributed by atoms with van der Waals surface area (Å²) in [6, 6.07) is 84.6. The Labute approximate surface area is 368 Å².